The van der Waals surface area contributed by atoms with Gasteiger partial charge in [-0.05, 0) is 55.8 Å². The van der Waals surface area contributed by atoms with Gasteiger partial charge in [-0.1, -0.05) is 30.5 Å². The van der Waals surface area contributed by atoms with Crippen LogP contribution in [0, 0.1) is 11.7 Å². The van der Waals surface area contributed by atoms with Crippen LogP contribution in [-0.2, 0) is 6.54 Å². The molecule has 2 aliphatic rings. The van der Waals surface area contributed by atoms with Crippen LogP contribution in [-0.4, -0.2) is 18.6 Å². The summed E-state index contributed by atoms with van der Waals surface area (Å²) in [5.41, 5.74) is 1.06. The van der Waals surface area contributed by atoms with Gasteiger partial charge < -0.3 is 10.6 Å². The van der Waals surface area contributed by atoms with Gasteiger partial charge in [0.25, 0.3) is 0 Å². The molecule has 1 saturated carbocycles. The first-order valence-electron chi connectivity index (χ1n) is 8.15. The molecule has 1 aromatic rings. The third-order valence-corrected chi connectivity index (χ3v) is 5.28. The summed E-state index contributed by atoms with van der Waals surface area (Å²) in [6.07, 6.45) is 7.85. The zero-order valence-corrected chi connectivity index (χ0v) is 13.1. The molecule has 0 bridgehead atoms. The van der Waals surface area contributed by atoms with Crippen LogP contribution in [0.4, 0.5) is 4.39 Å². The highest BCUT2D eigenvalue weighted by molar-refractivity contribution is 6.30. The van der Waals surface area contributed by atoms with Crippen molar-refractivity contribution in [2.75, 3.05) is 6.54 Å². The Morgan fingerprint density at radius 3 is 2.81 bits per heavy atom. The van der Waals surface area contributed by atoms with E-state index in [9.17, 15) is 4.39 Å². The smallest absolute Gasteiger partial charge is 0.141 e. The molecule has 116 valence electrons. The van der Waals surface area contributed by atoms with Crippen molar-refractivity contribution in [3.05, 3.63) is 34.6 Å². The maximum Gasteiger partial charge on any atom is 0.141 e. The average molecular weight is 311 g/mol. The van der Waals surface area contributed by atoms with Crippen LogP contribution < -0.4 is 10.6 Å². The molecule has 1 aliphatic carbocycles. The molecule has 0 spiro atoms. The average Bonchev–Trinajstić information content (AvgIpc) is 3.03. The Kier molecular flexibility index (Phi) is 5.15. The lowest BCUT2D eigenvalue weighted by atomic mass is 9.79. The van der Waals surface area contributed by atoms with E-state index < -0.39 is 0 Å². The Bertz CT molecular complexity index is 474. The summed E-state index contributed by atoms with van der Waals surface area (Å²) < 4.78 is 13.2. The minimum atomic E-state index is -0.342. The van der Waals surface area contributed by atoms with Crippen LogP contribution in [0.1, 0.15) is 44.1 Å². The summed E-state index contributed by atoms with van der Waals surface area (Å²) in [5.74, 6) is 0.392. The van der Waals surface area contributed by atoms with Crippen LogP contribution in [0.5, 0.6) is 0 Å². The summed E-state index contributed by atoms with van der Waals surface area (Å²) >= 11 is 5.85. The third-order valence-electron chi connectivity index (χ3n) is 4.99. The molecule has 1 saturated heterocycles. The number of nitrogens with one attached hydrogen (secondary N) is 2. The molecule has 2 fully saturated rings. The maximum absolute atomic E-state index is 13.2. The lowest BCUT2D eigenvalue weighted by Crippen LogP contribution is -2.46. The predicted molar refractivity (Wildman–Crippen MR) is 85.0 cm³/mol. The van der Waals surface area contributed by atoms with Crippen molar-refractivity contribution in [1.82, 2.24) is 10.6 Å². The van der Waals surface area contributed by atoms with Crippen LogP contribution >= 0.6 is 11.6 Å². The van der Waals surface area contributed by atoms with Crippen molar-refractivity contribution < 1.29 is 4.39 Å². The maximum atomic E-state index is 13.2. The first-order valence-corrected chi connectivity index (χ1v) is 8.52. The summed E-state index contributed by atoms with van der Waals surface area (Å²) in [5, 5.41) is 7.57. The fourth-order valence-corrected chi connectivity index (χ4v) is 4.07. The quantitative estimate of drug-likeness (QED) is 0.882. The van der Waals surface area contributed by atoms with E-state index in [0.717, 1.165) is 18.0 Å². The van der Waals surface area contributed by atoms with E-state index in [2.05, 4.69) is 10.6 Å². The second-order valence-corrected chi connectivity index (χ2v) is 6.79. The van der Waals surface area contributed by atoms with Gasteiger partial charge in [0.15, 0.2) is 0 Å². The Labute approximate surface area is 131 Å². The lowest BCUT2D eigenvalue weighted by molar-refractivity contribution is 0.213. The molecular weight excluding hydrogens is 287 g/mol. The second kappa shape index (κ2) is 7.08. The Morgan fingerprint density at radius 1 is 1.19 bits per heavy atom. The van der Waals surface area contributed by atoms with Crippen molar-refractivity contribution in [3.63, 3.8) is 0 Å². The van der Waals surface area contributed by atoms with Gasteiger partial charge in [-0.2, -0.15) is 0 Å². The molecule has 21 heavy (non-hydrogen) atoms. The molecule has 1 heterocycles. The van der Waals surface area contributed by atoms with Crippen LogP contribution in [0.15, 0.2) is 18.2 Å². The normalized spacial score (nSPS) is 29.7. The van der Waals surface area contributed by atoms with E-state index in [0.29, 0.717) is 12.1 Å². The van der Waals surface area contributed by atoms with E-state index in [1.807, 2.05) is 6.07 Å². The molecule has 3 rings (SSSR count). The van der Waals surface area contributed by atoms with Crippen molar-refractivity contribution >= 4 is 11.6 Å². The van der Waals surface area contributed by atoms with Gasteiger partial charge in [-0.25, -0.2) is 4.39 Å². The SMILES string of the molecule is Fc1ccc(CNC2CCCCC2C2CCCN2)cc1Cl. The van der Waals surface area contributed by atoms with Gasteiger partial charge in [0.2, 0.25) is 0 Å². The van der Waals surface area contributed by atoms with Crippen molar-refractivity contribution in [3.8, 4) is 0 Å². The molecule has 2 N–H and O–H groups in total. The van der Waals surface area contributed by atoms with E-state index in [-0.39, 0.29) is 10.8 Å². The summed E-state index contributed by atoms with van der Waals surface area (Å²) in [6.45, 7) is 1.94. The molecule has 1 aliphatic heterocycles. The number of benzene rings is 1. The first-order chi connectivity index (χ1) is 10.2. The molecule has 0 amide bonds. The number of halogens is 2. The Hall–Kier alpha value is -0.640. The summed E-state index contributed by atoms with van der Waals surface area (Å²) in [4.78, 5) is 0. The molecule has 0 aromatic heterocycles. The highest BCUT2D eigenvalue weighted by atomic mass is 35.5. The monoisotopic (exact) mass is 310 g/mol. The van der Waals surface area contributed by atoms with E-state index >= 15 is 0 Å². The van der Waals surface area contributed by atoms with Gasteiger partial charge in [-0.15, -0.1) is 0 Å². The number of hydrogen-bond acceptors (Lipinski definition) is 2. The number of hydrogen-bond donors (Lipinski definition) is 2. The molecule has 4 heteroatoms. The zero-order valence-electron chi connectivity index (χ0n) is 12.4. The Balaban J connectivity index is 1.60. The largest absolute Gasteiger partial charge is 0.314 e. The first kappa shape index (κ1) is 15.3. The van der Waals surface area contributed by atoms with Gasteiger partial charge in [-0.3, -0.25) is 0 Å². The Morgan fingerprint density at radius 2 is 2.05 bits per heavy atom. The van der Waals surface area contributed by atoms with Gasteiger partial charge in [0.1, 0.15) is 5.82 Å². The van der Waals surface area contributed by atoms with Crippen LogP contribution in [0.2, 0.25) is 5.02 Å². The minimum Gasteiger partial charge on any atom is -0.314 e. The topological polar surface area (TPSA) is 24.1 Å². The van der Waals surface area contributed by atoms with E-state index in [1.165, 1.54) is 51.1 Å². The van der Waals surface area contributed by atoms with E-state index in [4.69, 9.17) is 11.6 Å². The molecule has 3 atom stereocenters. The van der Waals surface area contributed by atoms with Crippen LogP contribution in [0.3, 0.4) is 0 Å². The van der Waals surface area contributed by atoms with Crippen LogP contribution in [0.25, 0.3) is 0 Å². The molecule has 3 unspecified atom stereocenters. The van der Waals surface area contributed by atoms with Crippen molar-refractivity contribution in [2.24, 2.45) is 5.92 Å². The molecule has 2 nitrogen and oxygen atoms in total. The zero-order chi connectivity index (χ0) is 14.7. The van der Waals surface area contributed by atoms with Gasteiger partial charge in [0, 0.05) is 18.6 Å². The fourth-order valence-electron chi connectivity index (χ4n) is 3.87. The molecular formula is C17H24ClFN2. The molecule has 0 radical (unpaired) electrons. The lowest BCUT2D eigenvalue weighted by Gasteiger charge is -2.36. The van der Waals surface area contributed by atoms with Gasteiger partial charge >= 0.3 is 0 Å². The fraction of sp³-hybridized carbons (Fsp3) is 0.647. The minimum absolute atomic E-state index is 0.215. The van der Waals surface area contributed by atoms with Crippen molar-refractivity contribution in [1.29, 1.82) is 0 Å². The third kappa shape index (κ3) is 3.77. The number of rotatable bonds is 4. The van der Waals surface area contributed by atoms with Gasteiger partial charge in [0.05, 0.1) is 5.02 Å². The summed E-state index contributed by atoms with van der Waals surface area (Å²) in [6, 6.07) is 6.25. The second-order valence-electron chi connectivity index (χ2n) is 6.39. The predicted octanol–water partition coefficient (Wildman–Crippen LogP) is 3.88. The van der Waals surface area contributed by atoms with Crippen molar-refractivity contribution in [2.45, 2.75) is 57.2 Å². The molecule has 1 aromatic carbocycles. The van der Waals surface area contributed by atoms with E-state index in [1.54, 1.807) is 6.07 Å². The highest BCUT2D eigenvalue weighted by Crippen LogP contribution is 2.31. The summed E-state index contributed by atoms with van der Waals surface area (Å²) in [7, 11) is 0. The highest BCUT2D eigenvalue weighted by Gasteiger charge is 2.32. The standard InChI is InChI=1S/C17H24ClFN2/c18-14-10-12(7-8-15(14)19)11-21-17-5-2-1-4-13(17)16-6-3-9-20-16/h7-8,10,13,16-17,20-21H,1-6,9,11H2.